The van der Waals surface area contributed by atoms with Crippen molar-refractivity contribution in [1.29, 1.82) is 0 Å². The average Bonchev–Trinajstić information content (AvgIpc) is 2.38. The highest BCUT2D eigenvalue weighted by atomic mass is 19.3. The Balaban J connectivity index is 2.52. The van der Waals surface area contributed by atoms with Crippen LogP contribution in [-0.4, -0.2) is 26.0 Å². The van der Waals surface area contributed by atoms with E-state index in [1.807, 2.05) is 0 Å². The molecule has 0 aliphatic heterocycles. The first-order valence-corrected chi connectivity index (χ1v) is 4.99. The maximum absolute atomic E-state index is 12.7. The van der Waals surface area contributed by atoms with Crippen LogP contribution in [0.4, 0.5) is 13.2 Å². The van der Waals surface area contributed by atoms with Gasteiger partial charge in [-0.05, 0) is 12.1 Å². The summed E-state index contributed by atoms with van der Waals surface area (Å²) < 4.78 is 38.1. The molecule has 0 atom stereocenters. The van der Waals surface area contributed by atoms with Gasteiger partial charge in [0, 0.05) is 6.20 Å². The summed E-state index contributed by atoms with van der Waals surface area (Å²) in [6.45, 7) is 0. The normalized spacial score (nSPS) is 10.7. The molecule has 2 heterocycles. The largest absolute Gasteiger partial charge is 0.478 e. The molecule has 1 N–H and O–H groups in total. The number of carboxylic acids is 1. The smallest absolute Gasteiger partial charge is 0.339 e. The number of hydrogen-bond donors (Lipinski definition) is 1. The minimum atomic E-state index is -3.06. The number of halogens is 3. The molecule has 0 aliphatic carbocycles. The molecular weight excluding hydrogens is 263 g/mol. The first-order chi connectivity index (χ1) is 8.99. The van der Waals surface area contributed by atoms with Gasteiger partial charge in [0.05, 0.1) is 6.20 Å². The van der Waals surface area contributed by atoms with Crippen LogP contribution in [0.15, 0.2) is 24.5 Å². The molecule has 19 heavy (non-hydrogen) atoms. The maximum atomic E-state index is 12.7. The average molecular weight is 269 g/mol. The summed E-state index contributed by atoms with van der Waals surface area (Å²) in [6.07, 6.45) is -1.41. The van der Waals surface area contributed by atoms with Crippen LogP contribution in [0.25, 0.3) is 11.5 Å². The van der Waals surface area contributed by atoms with Gasteiger partial charge in [0.25, 0.3) is 6.43 Å². The first kappa shape index (κ1) is 12.9. The topological polar surface area (TPSA) is 76.0 Å². The molecule has 0 saturated heterocycles. The number of carboxylic acid groups (broad SMARTS) is 1. The van der Waals surface area contributed by atoms with Crippen molar-refractivity contribution in [2.75, 3.05) is 0 Å². The van der Waals surface area contributed by atoms with Gasteiger partial charge in [-0.25, -0.2) is 32.9 Å². The van der Waals surface area contributed by atoms with Crippen LogP contribution in [0.2, 0.25) is 0 Å². The summed E-state index contributed by atoms with van der Waals surface area (Å²) in [4.78, 5) is 21.5. The Bertz CT molecular complexity index is 617. The molecular formula is C11H6F3N3O2. The van der Waals surface area contributed by atoms with Crippen molar-refractivity contribution < 1.29 is 23.1 Å². The number of rotatable bonds is 3. The van der Waals surface area contributed by atoms with Gasteiger partial charge in [-0.1, -0.05) is 0 Å². The molecule has 0 radical (unpaired) electrons. The van der Waals surface area contributed by atoms with Crippen LogP contribution in [0, 0.1) is 5.82 Å². The van der Waals surface area contributed by atoms with Gasteiger partial charge in [-0.3, -0.25) is 0 Å². The summed E-state index contributed by atoms with van der Waals surface area (Å²) in [6, 6.07) is 2.28. The molecule has 0 saturated carbocycles. The zero-order valence-electron chi connectivity index (χ0n) is 9.22. The highest BCUT2D eigenvalue weighted by Crippen LogP contribution is 2.23. The van der Waals surface area contributed by atoms with E-state index in [-0.39, 0.29) is 11.5 Å². The number of carbonyl (C=O) groups is 1. The maximum Gasteiger partial charge on any atom is 0.339 e. The van der Waals surface area contributed by atoms with E-state index in [2.05, 4.69) is 15.0 Å². The molecule has 2 rings (SSSR count). The molecule has 0 spiro atoms. The summed E-state index contributed by atoms with van der Waals surface area (Å²) >= 11 is 0. The van der Waals surface area contributed by atoms with Gasteiger partial charge >= 0.3 is 5.97 Å². The first-order valence-electron chi connectivity index (χ1n) is 4.99. The number of aromatic carboxylic acids is 1. The van der Waals surface area contributed by atoms with Crippen LogP contribution < -0.4 is 0 Å². The van der Waals surface area contributed by atoms with E-state index in [0.29, 0.717) is 0 Å². The van der Waals surface area contributed by atoms with Crippen molar-refractivity contribution in [2.24, 2.45) is 0 Å². The number of aromatic nitrogens is 3. The molecule has 2 aromatic rings. The fourth-order valence-electron chi connectivity index (χ4n) is 1.36. The second kappa shape index (κ2) is 5.01. The third-order valence-corrected chi connectivity index (χ3v) is 2.21. The molecule has 0 bridgehead atoms. The zero-order chi connectivity index (χ0) is 14.0. The monoisotopic (exact) mass is 269 g/mol. The Labute approximate surface area is 104 Å². The lowest BCUT2D eigenvalue weighted by molar-refractivity contribution is 0.0681. The molecule has 0 aliphatic rings. The van der Waals surface area contributed by atoms with Crippen LogP contribution in [-0.2, 0) is 0 Å². The van der Waals surface area contributed by atoms with E-state index in [1.54, 1.807) is 0 Å². The lowest BCUT2D eigenvalue weighted by Gasteiger charge is -2.06. The van der Waals surface area contributed by atoms with Crippen molar-refractivity contribution in [1.82, 2.24) is 15.0 Å². The second-order valence-electron chi connectivity index (χ2n) is 3.46. The lowest BCUT2D eigenvalue weighted by Crippen LogP contribution is -2.08. The Kier molecular flexibility index (Phi) is 3.41. The van der Waals surface area contributed by atoms with Gasteiger partial charge in [0.1, 0.15) is 22.8 Å². The Morgan fingerprint density at radius 1 is 1.21 bits per heavy atom. The predicted molar refractivity (Wildman–Crippen MR) is 57.1 cm³/mol. The van der Waals surface area contributed by atoms with Crippen molar-refractivity contribution >= 4 is 5.97 Å². The fraction of sp³-hybridized carbons (Fsp3) is 0.0909. The molecule has 98 valence electrons. The Hall–Kier alpha value is -2.51. The van der Waals surface area contributed by atoms with Crippen LogP contribution in [0.5, 0.6) is 0 Å². The lowest BCUT2D eigenvalue weighted by atomic mass is 10.2. The van der Waals surface area contributed by atoms with Crippen molar-refractivity contribution in [3.63, 3.8) is 0 Å². The van der Waals surface area contributed by atoms with E-state index >= 15 is 0 Å². The summed E-state index contributed by atoms with van der Waals surface area (Å²) in [7, 11) is 0. The highest BCUT2D eigenvalue weighted by Gasteiger charge is 2.21. The molecule has 5 nitrogen and oxygen atoms in total. The van der Waals surface area contributed by atoms with Gasteiger partial charge < -0.3 is 5.11 Å². The molecule has 0 amide bonds. The SMILES string of the molecule is O=C(O)c1cnc(-c2ccc(F)cn2)nc1C(F)F. The molecule has 0 unspecified atom stereocenters. The third kappa shape index (κ3) is 2.67. The van der Waals surface area contributed by atoms with E-state index in [0.717, 1.165) is 18.5 Å². The highest BCUT2D eigenvalue weighted by molar-refractivity contribution is 5.88. The molecule has 0 fully saturated rings. The number of alkyl halides is 2. The number of nitrogens with zero attached hydrogens (tertiary/aromatic N) is 3. The summed E-state index contributed by atoms with van der Waals surface area (Å²) in [5, 5.41) is 8.73. The Morgan fingerprint density at radius 2 is 1.95 bits per heavy atom. The predicted octanol–water partition coefficient (Wildman–Crippen LogP) is 2.31. The quantitative estimate of drug-likeness (QED) is 0.925. The fourth-order valence-corrected chi connectivity index (χ4v) is 1.36. The van der Waals surface area contributed by atoms with E-state index in [4.69, 9.17) is 5.11 Å². The van der Waals surface area contributed by atoms with Gasteiger partial charge in [-0.15, -0.1) is 0 Å². The van der Waals surface area contributed by atoms with Crippen molar-refractivity contribution in [3.05, 3.63) is 41.6 Å². The van der Waals surface area contributed by atoms with Crippen LogP contribution in [0.3, 0.4) is 0 Å². The number of hydrogen-bond acceptors (Lipinski definition) is 4. The molecule has 8 heteroatoms. The summed E-state index contributed by atoms with van der Waals surface area (Å²) in [5.41, 5.74) is -1.51. The van der Waals surface area contributed by atoms with Crippen LogP contribution >= 0.6 is 0 Å². The van der Waals surface area contributed by atoms with E-state index in [1.165, 1.54) is 6.07 Å². The number of pyridine rings is 1. The minimum Gasteiger partial charge on any atom is -0.478 e. The van der Waals surface area contributed by atoms with E-state index in [9.17, 15) is 18.0 Å². The van der Waals surface area contributed by atoms with Gasteiger partial charge in [0.15, 0.2) is 5.82 Å². The Morgan fingerprint density at radius 3 is 2.47 bits per heavy atom. The molecule has 0 aromatic carbocycles. The van der Waals surface area contributed by atoms with Gasteiger partial charge in [-0.2, -0.15) is 0 Å². The summed E-state index contributed by atoms with van der Waals surface area (Å²) in [5.74, 6) is -2.34. The minimum absolute atomic E-state index is 0.0697. The second-order valence-corrected chi connectivity index (χ2v) is 3.46. The van der Waals surface area contributed by atoms with Crippen molar-refractivity contribution in [3.8, 4) is 11.5 Å². The van der Waals surface area contributed by atoms with Gasteiger partial charge in [0.2, 0.25) is 0 Å². The third-order valence-electron chi connectivity index (χ3n) is 2.21. The van der Waals surface area contributed by atoms with E-state index < -0.39 is 29.5 Å². The molecule has 2 aromatic heterocycles. The standard InChI is InChI=1S/C11H6F3N3O2/c12-5-1-2-7(15-3-5)10-16-4-6(11(18)19)8(17-10)9(13)14/h1-4,9H,(H,18,19). The van der Waals surface area contributed by atoms with Crippen molar-refractivity contribution in [2.45, 2.75) is 6.43 Å². The zero-order valence-corrected chi connectivity index (χ0v) is 9.22. The van der Waals surface area contributed by atoms with Crippen LogP contribution in [0.1, 0.15) is 22.5 Å².